The zero-order valence-electron chi connectivity index (χ0n) is 12.9. The summed E-state index contributed by atoms with van der Waals surface area (Å²) in [4.78, 5) is 19.2. The average Bonchev–Trinajstić information content (AvgIpc) is 3.06. The van der Waals surface area contributed by atoms with Gasteiger partial charge in [-0.2, -0.15) is 4.52 Å². The minimum atomic E-state index is -0.127. The Morgan fingerprint density at radius 3 is 2.91 bits per heavy atom. The number of fused-ring (bicyclic) bond motifs is 1. The fourth-order valence-electron chi connectivity index (χ4n) is 2.26. The minimum absolute atomic E-state index is 0.127. The summed E-state index contributed by atoms with van der Waals surface area (Å²) >= 11 is 1.41. The van der Waals surface area contributed by atoms with Crippen molar-refractivity contribution in [1.82, 2.24) is 14.6 Å². The number of aryl methyl sites for hydroxylation is 2. The van der Waals surface area contributed by atoms with E-state index in [0.717, 1.165) is 35.2 Å². The Kier molecular flexibility index (Phi) is 3.98. The Balaban J connectivity index is 1.90. The number of aromatic nitrogens is 3. The molecular formula is C15H18N4O2S. The molecule has 7 heteroatoms. The van der Waals surface area contributed by atoms with Crippen molar-refractivity contribution >= 4 is 21.4 Å². The summed E-state index contributed by atoms with van der Waals surface area (Å²) in [5, 5.41) is 5.10. The van der Waals surface area contributed by atoms with Gasteiger partial charge in [-0.05, 0) is 25.5 Å². The van der Waals surface area contributed by atoms with E-state index in [-0.39, 0.29) is 5.56 Å². The van der Waals surface area contributed by atoms with Crippen LogP contribution in [0.4, 0.5) is 5.13 Å². The van der Waals surface area contributed by atoms with Gasteiger partial charge in [-0.1, -0.05) is 24.7 Å². The second kappa shape index (κ2) is 5.92. The summed E-state index contributed by atoms with van der Waals surface area (Å²) in [7, 11) is 1.92. The summed E-state index contributed by atoms with van der Waals surface area (Å²) < 4.78 is 6.94. The molecule has 3 aromatic heterocycles. The van der Waals surface area contributed by atoms with Crippen LogP contribution in [-0.4, -0.2) is 21.6 Å². The molecule has 0 amide bonds. The highest BCUT2D eigenvalue weighted by Crippen LogP contribution is 2.22. The number of nitrogens with zero attached hydrogens (tertiary/aromatic N) is 4. The van der Waals surface area contributed by atoms with E-state index in [2.05, 4.69) is 17.0 Å². The molecule has 3 aromatic rings. The van der Waals surface area contributed by atoms with Gasteiger partial charge >= 0.3 is 0 Å². The van der Waals surface area contributed by atoms with Gasteiger partial charge in [0.15, 0.2) is 0 Å². The Morgan fingerprint density at radius 2 is 2.23 bits per heavy atom. The summed E-state index contributed by atoms with van der Waals surface area (Å²) in [6.07, 6.45) is 1.77. The first kappa shape index (κ1) is 14.8. The van der Waals surface area contributed by atoms with E-state index in [1.807, 2.05) is 31.0 Å². The van der Waals surface area contributed by atoms with Crippen LogP contribution in [0.1, 0.15) is 30.6 Å². The minimum Gasteiger partial charge on any atom is -0.464 e. The first-order valence-corrected chi connectivity index (χ1v) is 8.04. The molecule has 116 valence electrons. The molecule has 0 spiro atoms. The quantitative estimate of drug-likeness (QED) is 0.723. The maximum absolute atomic E-state index is 12.1. The number of hydrogen-bond donors (Lipinski definition) is 0. The molecule has 0 unspecified atom stereocenters. The monoisotopic (exact) mass is 318 g/mol. The van der Waals surface area contributed by atoms with Crippen molar-refractivity contribution in [1.29, 1.82) is 0 Å². The smallest absolute Gasteiger partial charge is 0.275 e. The molecule has 0 radical (unpaired) electrons. The predicted molar refractivity (Wildman–Crippen MR) is 86.7 cm³/mol. The number of anilines is 1. The van der Waals surface area contributed by atoms with Gasteiger partial charge in [0.2, 0.25) is 10.1 Å². The fourth-order valence-corrected chi connectivity index (χ4v) is 3.14. The third-order valence-electron chi connectivity index (χ3n) is 3.31. The van der Waals surface area contributed by atoms with E-state index in [9.17, 15) is 4.79 Å². The van der Waals surface area contributed by atoms with Crippen LogP contribution in [0.2, 0.25) is 0 Å². The largest absolute Gasteiger partial charge is 0.464 e. The van der Waals surface area contributed by atoms with Crippen molar-refractivity contribution in [2.24, 2.45) is 0 Å². The first-order chi connectivity index (χ1) is 10.6. The van der Waals surface area contributed by atoms with E-state index in [4.69, 9.17) is 4.42 Å². The molecule has 22 heavy (non-hydrogen) atoms. The summed E-state index contributed by atoms with van der Waals surface area (Å²) in [6.45, 7) is 4.59. The van der Waals surface area contributed by atoms with Gasteiger partial charge in [0.25, 0.3) is 5.56 Å². The van der Waals surface area contributed by atoms with E-state index >= 15 is 0 Å². The lowest BCUT2D eigenvalue weighted by Crippen LogP contribution is -2.18. The highest BCUT2D eigenvalue weighted by Gasteiger charge is 2.13. The molecule has 6 nitrogen and oxygen atoms in total. The highest BCUT2D eigenvalue weighted by atomic mass is 32.1. The molecule has 0 saturated heterocycles. The zero-order chi connectivity index (χ0) is 15.7. The van der Waals surface area contributed by atoms with Crippen molar-refractivity contribution in [2.75, 3.05) is 11.9 Å². The van der Waals surface area contributed by atoms with Crippen LogP contribution in [0.15, 0.2) is 27.4 Å². The lowest BCUT2D eigenvalue weighted by atomic mass is 10.2. The number of rotatable bonds is 5. The Morgan fingerprint density at radius 1 is 1.41 bits per heavy atom. The first-order valence-electron chi connectivity index (χ1n) is 7.23. The van der Waals surface area contributed by atoms with Crippen molar-refractivity contribution in [3.05, 3.63) is 45.8 Å². The van der Waals surface area contributed by atoms with Crippen LogP contribution < -0.4 is 10.5 Å². The van der Waals surface area contributed by atoms with Crippen molar-refractivity contribution in [3.8, 4) is 0 Å². The van der Waals surface area contributed by atoms with Crippen molar-refractivity contribution in [3.63, 3.8) is 0 Å². The van der Waals surface area contributed by atoms with Gasteiger partial charge in [0.05, 0.1) is 6.54 Å². The third kappa shape index (κ3) is 2.89. The average molecular weight is 318 g/mol. The molecule has 0 aliphatic rings. The Hall–Kier alpha value is -2.15. The molecule has 0 aliphatic heterocycles. The third-order valence-corrected chi connectivity index (χ3v) is 4.33. The van der Waals surface area contributed by atoms with Crippen LogP contribution >= 0.6 is 11.3 Å². The van der Waals surface area contributed by atoms with Gasteiger partial charge < -0.3 is 9.32 Å². The summed E-state index contributed by atoms with van der Waals surface area (Å²) in [5.74, 6) is 1.75. The van der Waals surface area contributed by atoms with Gasteiger partial charge in [-0.15, -0.1) is 5.10 Å². The molecule has 0 aliphatic carbocycles. The van der Waals surface area contributed by atoms with Crippen molar-refractivity contribution < 1.29 is 4.42 Å². The SMILES string of the molecule is CCCc1cc(=O)n2nc(N(C)Cc3ccc(C)o3)sc2n1. The van der Waals surface area contributed by atoms with E-state index < -0.39 is 0 Å². The topological polar surface area (TPSA) is 63.6 Å². The molecule has 0 aromatic carbocycles. The molecule has 0 saturated carbocycles. The molecule has 0 N–H and O–H groups in total. The second-order valence-electron chi connectivity index (χ2n) is 5.28. The zero-order valence-corrected chi connectivity index (χ0v) is 13.7. The number of furan rings is 1. The molecule has 0 fully saturated rings. The maximum atomic E-state index is 12.1. The van der Waals surface area contributed by atoms with Crippen LogP contribution in [0.5, 0.6) is 0 Å². The lowest BCUT2D eigenvalue weighted by molar-refractivity contribution is 0.481. The van der Waals surface area contributed by atoms with Crippen LogP contribution in [-0.2, 0) is 13.0 Å². The summed E-state index contributed by atoms with van der Waals surface area (Å²) in [6, 6.07) is 5.45. The van der Waals surface area contributed by atoms with E-state index in [0.29, 0.717) is 11.5 Å². The highest BCUT2D eigenvalue weighted by molar-refractivity contribution is 7.20. The van der Waals surface area contributed by atoms with E-state index in [1.165, 1.54) is 15.9 Å². The maximum Gasteiger partial charge on any atom is 0.275 e. The van der Waals surface area contributed by atoms with Crippen LogP contribution in [0.25, 0.3) is 4.96 Å². The normalized spacial score (nSPS) is 11.2. The molecule has 0 atom stereocenters. The second-order valence-corrected chi connectivity index (χ2v) is 6.22. The van der Waals surface area contributed by atoms with Gasteiger partial charge in [0, 0.05) is 18.8 Å². The molecular weight excluding hydrogens is 300 g/mol. The van der Waals surface area contributed by atoms with Gasteiger partial charge in [-0.3, -0.25) is 4.79 Å². The standard InChI is InChI=1S/C15H18N4O2S/c1-4-5-11-8-13(20)19-14(16-11)22-15(17-19)18(3)9-12-7-6-10(2)21-12/h6-8H,4-5,9H2,1-3H3. The van der Waals surface area contributed by atoms with E-state index in [1.54, 1.807) is 6.07 Å². The molecule has 3 heterocycles. The predicted octanol–water partition coefficient (Wildman–Crippen LogP) is 2.64. The summed E-state index contributed by atoms with van der Waals surface area (Å²) in [5.41, 5.74) is 0.699. The molecule has 0 bridgehead atoms. The van der Waals surface area contributed by atoms with Gasteiger partial charge in [0.1, 0.15) is 11.5 Å². The fraction of sp³-hybridized carbons (Fsp3) is 0.400. The van der Waals surface area contributed by atoms with Crippen molar-refractivity contribution in [2.45, 2.75) is 33.2 Å². The number of hydrogen-bond acceptors (Lipinski definition) is 6. The lowest BCUT2D eigenvalue weighted by Gasteiger charge is -2.12. The van der Waals surface area contributed by atoms with Crippen LogP contribution in [0, 0.1) is 6.92 Å². The Labute approximate surface area is 132 Å². The van der Waals surface area contributed by atoms with Crippen LogP contribution in [0.3, 0.4) is 0 Å². The molecule has 3 rings (SSSR count). The van der Waals surface area contributed by atoms with Gasteiger partial charge in [-0.25, -0.2) is 4.98 Å². The Bertz CT molecular complexity index is 849.